The average Bonchev–Trinajstić information content (AvgIpc) is 2.11. The Morgan fingerprint density at radius 3 is 2.93 bits per heavy atom. The van der Waals surface area contributed by atoms with E-state index < -0.39 is 5.79 Å². The number of ether oxygens (including phenoxy) is 2. The zero-order valence-corrected chi connectivity index (χ0v) is 9.13. The second kappa shape index (κ2) is 4.49. The van der Waals surface area contributed by atoms with Crippen molar-refractivity contribution in [3.63, 3.8) is 0 Å². The minimum absolute atomic E-state index is 0.178. The molecule has 3 nitrogen and oxygen atoms in total. The first-order valence-electron chi connectivity index (χ1n) is 5.11. The van der Waals surface area contributed by atoms with E-state index >= 15 is 0 Å². The summed E-state index contributed by atoms with van der Waals surface area (Å²) in [4.78, 5) is 11.3. The van der Waals surface area contributed by atoms with E-state index in [1.165, 1.54) is 5.57 Å². The minimum atomic E-state index is -0.744. The highest BCUT2D eigenvalue weighted by molar-refractivity contribution is 5.69. The zero-order chi connectivity index (χ0) is 10.6. The molecule has 0 aromatic rings. The number of carbonyl (C=O) groups is 1. The van der Waals surface area contributed by atoms with Crippen molar-refractivity contribution < 1.29 is 14.3 Å². The number of esters is 1. The van der Waals surface area contributed by atoms with Crippen LogP contribution in [0.2, 0.25) is 0 Å². The molecule has 0 fully saturated rings. The molecular formula is C11H18O3. The third-order valence-electron chi connectivity index (χ3n) is 2.27. The molecule has 1 unspecified atom stereocenters. The second-order valence-corrected chi connectivity index (χ2v) is 3.94. The summed E-state index contributed by atoms with van der Waals surface area (Å²) >= 11 is 0. The maximum atomic E-state index is 11.3. The minimum Gasteiger partial charge on any atom is -0.460 e. The molecule has 0 bridgehead atoms. The summed E-state index contributed by atoms with van der Waals surface area (Å²) in [5.74, 6) is -0.922. The summed E-state index contributed by atoms with van der Waals surface area (Å²) < 4.78 is 10.7. The largest absolute Gasteiger partial charge is 0.460 e. The Kier molecular flexibility index (Phi) is 3.55. The number of hydrogen-bond donors (Lipinski definition) is 0. The van der Waals surface area contributed by atoms with E-state index in [0.717, 1.165) is 19.3 Å². The molecule has 0 aromatic carbocycles. The van der Waals surface area contributed by atoms with Crippen molar-refractivity contribution in [3.05, 3.63) is 11.8 Å². The molecule has 80 valence electrons. The van der Waals surface area contributed by atoms with Gasteiger partial charge in [-0.15, -0.1) is 0 Å². The van der Waals surface area contributed by atoms with E-state index in [1.807, 2.05) is 20.8 Å². The van der Waals surface area contributed by atoms with Crippen LogP contribution in [0, 0.1) is 0 Å². The number of rotatable bonds is 3. The molecule has 1 atom stereocenters. The Labute approximate surface area is 85.1 Å². The quantitative estimate of drug-likeness (QED) is 0.654. The van der Waals surface area contributed by atoms with Gasteiger partial charge in [0.15, 0.2) is 0 Å². The number of carbonyl (C=O) groups excluding carboxylic acids is 1. The molecule has 0 saturated carbocycles. The van der Waals surface area contributed by atoms with Crippen LogP contribution in [0.4, 0.5) is 0 Å². The normalized spacial score (nSPS) is 26.4. The lowest BCUT2D eigenvalue weighted by molar-refractivity contribution is -0.210. The Morgan fingerprint density at radius 2 is 2.43 bits per heavy atom. The van der Waals surface area contributed by atoms with Gasteiger partial charge in [-0.05, 0) is 25.3 Å². The van der Waals surface area contributed by atoms with Gasteiger partial charge in [0.25, 0.3) is 5.79 Å². The van der Waals surface area contributed by atoms with Gasteiger partial charge < -0.3 is 9.47 Å². The van der Waals surface area contributed by atoms with Gasteiger partial charge in [-0.2, -0.15) is 0 Å². The van der Waals surface area contributed by atoms with Gasteiger partial charge in [-0.1, -0.05) is 6.92 Å². The van der Waals surface area contributed by atoms with Crippen LogP contribution in [0.3, 0.4) is 0 Å². The molecule has 1 aliphatic heterocycles. The van der Waals surface area contributed by atoms with Crippen LogP contribution in [0.25, 0.3) is 0 Å². The molecule has 1 aliphatic rings. The van der Waals surface area contributed by atoms with E-state index in [-0.39, 0.29) is 5.97 Å². The van der Waals surface area contributed by atoms with Crippen molar-refractivity contribution >= 4 is 5.97 Å². The predicted molar refractivity (Wildman–Crippen MR) is 53.5 cm³/mol. The van der Waals surface area contributed by atoms with Gasteiger partial charge >= 0.3 is 5.97 Å². The molecule has 1 heterocycles. The lowest BCUT2D eigenvalue weighted by Crippen LogP contribution is -2.35. The highest BCUT2D eigenvalue weighted by atomic mass is 16.7. The summed E-state index contributed by atoms with van der Waals surface area (Å²) in [6.07, 6.45) is 4.62. The fourth-order valence-electron chi connectivity index (χ4n) is 1.34. The molecule has 0 amide bonds. The number of hydrogen-bond acceptors (Lipinski definition) is 3. The molecule has 3 heteroatoms. The first-order valence-corrected chi connectivity index (χ1v) is 5.11. The second-order valence-electron chi connectivity index (χ2n) is 3.94. The first kappa shape index (κ1) is 11.1. The van der Waals surface area contributed by atoms with Crippen LogP contribution in [-0.4, -0.2) is 11.8 Å². The fraction of sp³-hybridized carbons (Fsp3) is 0.727. The molecule has 1 rings (SSSR count). The van der Waals surface area contributed by atoms with Crippen molar-refractivity contribution in [2.75, 3.05) is 0 Å². The molecule has 0 spiro atoms. The lowest BCUT2D eigenvalue weighted by atomic mass is 10.1. The van der Waals surface area contributed by atoms with Crippen molar-refractivity contribution in [2.45, 2.75) is 52.2 Å². The molecule has 0 saturated heterocycles. The summed E-state index contributed by atoms with van der Waals surface area (Å²) in [5, 5.41) is 0. The lowest BCUT2D eigenvalue weighted by Gasteiger charge is -2.32. The maximum Gasteiger partial charge on any atom is 0.309 e. The standard InChI is InChI=1S/C11H18O3/c1-4-5-10(12)14-11(3)7-6-9(2)8-13-11/h8H,4-7H2,1-3H3. The summed E-state index contributed by atoms with van der Waals surface area (Å²) in [5.41, 5.74) is 1.19. The van der Waals surface area contributed by atoms with Crippen molar-refractivity contribution in [3.8, 4) is 0 Å². The van der Waals surface area contributed by atoms with Gasteiger partial charge in [0.05, 0.1) is 6.26 Å². The highest BCUT2D eigenvalue weighted by Crippen LogP contribution is 2.28. The van der Waals surface area contributed by atoms with Crippen LogP contribution in [0.15, 0.2) is 11.8 Å². The molecule has 0 aliphatic carbocycles. The third kappa shape index (κ3) is 3.05. The topological polar surface area (TPSA) is 35.5 Å². The van der Waals surface area contributed by atoms with E-state index in [1.54, 1.807) is 6.26 Å². The summed E-state index contributed by atoms with van der Waals surface area (Å²) in [6.45, 7) is 5.77. The van der Waals surface area contributed by atoms with Crippen molar-refractivity contribution in [2.24, 2.45) is 0 Å². The first-order chi connectivity index (χ1) is 6.56. The van der Waals surface area contributed by atoms with E-state index in [0.29, 0.717) is 6.42 Å². The molecular weight excluding hydrogens is 180 g/mol. The Hall–Kier alpha value is -0.990. The molecule has 14 heavy (non-hydrogen) atoms. The van der Waals surface area contributed by atoms with Gasteiger partial charge in [-0.25, -0.2) is 0 Å². The summed E-state index contributed by atoms with van der Waals surface area (Å²) in [7, 11) is 0. The van der Waals surface area contributed by atoms with E-state index in [2.05, 4.69) is 0 Å². The van der Waals surface area contributed by atoms with Crippen LogP contribution in [-0.2, 0) is 14.3 Å². The van der Waals surface area contributed by atoms with Crippen molar-refractivity contribution in [1.82, 2.24) is 0 Å². The Bertz CT molecular complexity index is 245. The van der Waals surface area contributed by atoms with Crippen molar-refractivity contribution in [1.29, 1.82) is 0 Å². The van der Waals surface area contributed by atoms with Gasteiger partial charge in [-0.3, -0.25) is 4.79 Å². The number of allylic oxidation sites excluding steroid dienone is 1. The SMILES string of the molecule is CCCC(=O)OC1(C)CCC(C)=CO1. The fourth-order valence-corrected chi connectivity index (χ4v) is 1.34. The van der Waals surface area contributed by atoms with Gasteiger partial charge in [0, 0.05) is 19.8 Å². The Balaban J connectivity index is 2.47. The van der Waals surface area contributed by atoms with Gasteiger partial charge in [0.2, 0.25) is 0 Å². The monoisotopic (exact) mass is 198 g/mol. The molecule has 0 radical (unpaired) electrons. The third-order valence-corrected chi connectivity index (χ3v) is 2.27. The Morgan fingerprint density at radius 1 is 1.71 bits per heavy atom. The maximum absolute atomic E-state index is 11.3. The van der Waals surface area contributed by atoms with E-state index in [4.69, 9.17) is 9.47 Å². The smallest absolute Gasteiger partial charge is 0.309 e. The van der Waals surface area contributed by atoms with Crippen LogP contribution < -0.4 is 0 Å². The zero-order valence-electron chi connectivity index (χ0n) is 9.13. The average molecular weight is 198 g/mol. The summed E-state index contributed by atoms with van der Waals surface area (Å²) in [6, 6.07) is 0. The van der Waals surface area contributed by atoms with E-state index in [9.17, 15) is 4.79 Å². The molecule has 0 N–H and O–H groups in total. The van der Waals surface area contributed by atoms with Crippen LogP contribution in [0.1, 0.15) is 46.5 Å². The van der Waals surface area contributed by atoms with Crippen LogP contribution >= 0.6 is 0 Å². The predicted octanol–water partition coefficient (Wildman–Crippen LogP) is 2.76. The van der Waals surface area contributed by atoms with Gasteiger partial charge in [0.1, 0.15) is 0 Å². The molecule has 0 aromatic heterocycles. The van der Waals surface area contributed by atoms with Crippen LogP contribution in [0.5, 0.6) is 0 Å². The highest BCUT2D eigenvalue weighted by Gasteiger charge is 2.31.